The Labute approximate surface area is 115 Å². The van der Waals surface area contributed by atoms with Gasteiger partial charge in [0.05, 0.1) is 0 Å². The van der Waals surface area contributed by atoms with Gasteiger partial charge in [-0.3, -0.25) is 0 Å². The second-order valence-corrected chi connectivity index (χ2v) is 4.55. The van der Waals surface area contributed by atoms with Crippen LogP contribution in [0.2, 0.25) is 0 Å². The Kier molecular flexibility index (Phi) is 5.22. The Balaban J connectivity index is 1.96. The standard InChI is InChI=1S/C18H19N/c19-14-6-2-5-7-16-10-12-18(13-11-16)15-17-8-3-1-4-9-17/h1,3-4,8-13H,2,6,14-15,19H2. The van der Waals surface area contributed by atoms with Crippen LogP contribution < -0.4 is 5.73 Å². The summed E-state index contributed by atoms with van der Waals surface area (Å²) in [6.07, 6.45) is 2.82. The minimum Gasteiger partial charge on any atom is -0.330 e. The van der Waals surface area contributed by atoms with Gasteiger partial charge in [0, 0.05) is 12.0 Å². The lowest BCUT2D eigenvalue weighted by atomic mass is 10.0. The average molecular weight is 249 g/mol. The average Bonchev–Trinajstić information content (AvgIpc) is 2.46. The van der Waals surface area contributed by atoms with Crippen molar-refractivity contribution in [1.82, 2.24) is 0 Å². The monoisotopic (exact) mass is 249 g/mol. The zero-order valence-electron chi connectivity index (χ0n) is 11.1. The van der Waals surface area contributed by atoms with Gasteiger partial charge in [-0.05, 0) is 42.6 Å². The van der Waals surface area contributed by atoms with Gasteiger partial charge >= 0.3 is 0 Å². The zero-order valence-corrected chi connectivity index (χ0v) is 11.1. The maximum atomic E-state index is 5.43. The molecule has 0 aliphatic rings. The van der Waals surface area contributed by atoms with Crippen LogP contribution in [0.1, 0.15) is 29.5 Å². The van der Waals surface area contributed by atoms with Gasteiger partial charge in [0.2, 0.25) is 0 Å². The van der Waals surface area contributed by atoms with Crippen LogP contribution in [0.25, 0.3) is 0 Å². The van der Waals surface area contributed by atoms with Crippen molar-refractivity contribution >= 4 is 0 Å². The first-order chi connectivity index (χ1) is 9.38. The molecule has 0 aliphatic heterocycles. The van der Waals surface area contributed by atoms with Gasteiger partial charge in [0.15, 0.2) is 0 Å². The molecule has 2 N–H and O–H groups in total. The van der Waals surface area contributed by atoms with Crippen LogP contribution in [0.15, 0.2) is 54.6 Å². The summed E-state index contributed by atoms with van der Waals surface area (Å²) in [6.45, 7) is 0.713. The van der Waals surface area contributed by atoms with E-state index >= 15 is 0 Å². The van der Waals surface area contributed by atoms with E-state index in [1.165, 1.54) is 11.1 Å². The maximum absolute atomic E-state index is 5.43. The fourth-order valence-corrected chi connectivity index (χ4v) is 1.89. The molecule has 0 saturated carbocycles. The van der Waals surface area contributed by atoms with Gasteiger partial charge in [0.1, 0.15) is 0 Å². The fraction of sp³-hybridized carbons (Fsp3) is 0.222. The topological polar surface area (TPSA) is 26.0 Å². The minimum atomic E-state index is 0.713. The summed E-state index contributed by atoms with van der Waals surface area (Å²) < 4.78 is 0. The first kappa shape index (κ1) is 13.4. The van der Waals surface area contributed by atoms with E-state index in [-0.39, 0.29) is 0 Å². The van der Waals surface area contributed by atoms with Crippen LogP contribution in [0.3, 0.4) is 0 Å². The molecule has 2 aromatic rings. The quantitative estimate of drug-likeness (QED) is 0.652. The summed E-state index contributed by atoms with van der Waals surface area (Å²) in [5, 5.41) is 0. The molecule has 2 aromatic carbocycles. The number of hydrogen-bond acceptors (Lipinski definition) is 1. The van der Waals surface area contributed by atoms with Crippen molar-refractivity contribution in [3.8, 4) is 11.8 Å². The van der Waals surface area contributed by atoms with Gasteiger partial charge in [-0.15, -0.1) is 0 Å². The third-order valence-electron chi connectivity index (χ3n) is 2.94. The molecule has 19 heavy (non-hydrogen) atoms. The lowest BCUT2D eigenvalue weighted by Gasteiger charge is -2.01. The molecule has 1 nitrogen and oxygen atoms in total. The predicted octanol–water partition coefficient (Wildman–Crippen LogP) is 3.37. The molecular weight excluding hydrogens is 230 g/mol. The van der Waals surface area contributed by atoms with E-state index in [9.17, 15) is 0 Å². The summed E-state index contributed by atoms with van der Waals surface area (Å²) >= 11 is 0. The predicted molar refractivity (Wildman–Crippen MR) is 80.9 cm³/mol. The molecule has 0 bridgehead atoms. The summed E-state index contributed by atoms with van der Waals surface area (Å²) in [5.74, 6) is 6.31. The molecule has 0 spiro atoms. The van der Waals surface area contributed by atoms with Crippen molar-refractivity contribution in [1.29, 1.82) is 0 Å². The highest BCUT2D eigenvalue weighted by molar-refractivity contribution is 5.37. The van der Waals surface area contributed by atoms with Crippen molar-refractivity contribution < 1.29 is 0 Å². The highest BCUT2D eigenvalue weighted by Crippen LogP contribution is 2.10. The molecule has 0 radical (unpaired) electrons. The summed E-state index contributed by atoms with van der Waals surface area (Å²) in [7, 11) is 0. The van der Waals surface area contributed by atoms with Crippen LogP contribution in [-0.2, 0) is 6.42 Å². The van der Waals surface area contributed by atoms with Crippen LogP contribution >= 0.6 is 0 Å². The molecule has 1 heteroatoms. The number of nitrogens with two attached hydrogens (primary N) is 1. The third kappa shape index (κ3) is 4.62. The van der Waals surface area contributed by atoms with Crippen LogP contribution in [-0.4, -0.2) is 6.54 Å². The smallest absolute Gasteiger partial charge is 0.0245 e. The molecule has 0 amide bonds. The second kappa shape index (κ2) is 7.41. The van der Waals surface area contributed by atoms with E-state index in [1.54, 1.807) is 0 Å². The molecule has 0 aromatic heterocycles. The fourth-order valence-electron chi connectivity index (χ4n) is 1.89. The maximum Gasteiger partial charge on any atom is 0.0245 e. The van der Waals surface area contributed by atoms with E-state index in [0.29, 0.717) is 6.54 Å². The van der Waals surface area contributed by atoms with Crippen molar-refractivity contribution in [2.24, 2.45) is 5.73 Å². The molecule has 0 heterocycles. The number of rotatable bonds is 4. The number of benzene rings is 2. The third-order valence-corrected chi connectivity index (χ3v) is 2.94. The molecule has 0 atom stereocenters. The Bertz CT molecular complexity index is 544. The van der Waals surface area contributed by atoms with Gasteiger partial charge in [0.25, 0.3) is 0 Å². The Hall–Kier alpha value is -2.04. The van der Waals surface area contributed by atoms with Crippen molar-refractivity contribution in [3.63, 3.8) is 0 Å². The molecule has 96 valence electrons. The second-order valence-electron chi connectivity index (χ2n) is 4.55. The van der Waals surface area contributed by atoms with Gasteiger partial charge in [-0.2, -0.15) is 0 Å². The summed E-state index contributed by atoms with van der Waals surface area (Å²) in [5.41, 5.74) is 9.17. The Morgan fingerprint density at radius 1 is 0.842 bits per heavy atom. The van der Waals surface area contributed by atoms with Crippen molar-refractivity contribution in [2.75, 3.05) is 6.54 Å². The lowest BCUT2D eigenvalue weighted by molar-refractivity contribution is 0.870. The Morgan fingerprint density at radius 3 is 2.21 bits per heavy atom. The van der Waals surface area contributed by atoms with Gasteiger partial charge < -0.3 is 5.73 Å². The van der Waals surface area contributed by atoms with Crippen LogP contribution in [0, 0.1) is 11.8 Å². The first-order valence-electron chi connectivity index (χ1n) is 6.70. The normalized spacial score (nSPS) is 9.74. The van der Waals surface area contributed by atoms with E-state index in [1.807, 2.05) is 6.07 Å². The van der Waals surface area contributed by atoms with Crippen LogP contribution in [0.5, 0.6) is 0 Å². The Morgan fingerprint density at radius 2 is 1.53 bits per heavy atom. The van der Waals surface area contributed by atoms with E-state index in [0.717, 1.165) is 24.8 Å². The molecule has 0 fully saturated rings. The van der Waals surface area contributed by atoms with Crippen LogP contribution in [0.4, 0.5) is 0 Å². The SMILES string of the molecule is NCCCC#Cc1ccc(Cc2ccccc2)cc1. The summed E-state index contributed by atoms with van der Waals surface area (Å²) in [4.78, 5) is 0. The largest absolute Gasteiger partial charge is 0.330 e. The van der Waals surface area contributed by atoms with E-state index in [2.05, 4.69) is 60.4 Å². The highest BCUT2D eigenvalue weighted by Gasteiger charge is 1.95. The molecule has 0 saturated heterocycles. The molecular formula is C18H19N. The molecule has 0 aliphatic carbocycles. The highest BCUT2D eigenvalue weighted by atomic mass is 14.5. The van der Waals surface area contributed by atoms with Crippen molar-refractivity contribution in [3.05, 3.63) is 71.3 Å². The lowest BCUT2D eigenvalue weighted by Crippen LogP contribution is -1.96. The minimum absolute atomic E-state index is 0.713. The first-order valence-corrected chi connectivity index (χ1v) is 6.70. The number of hydrogen-bond donors (Lipinski definition) is 1. The van der Waals surface area contributed by atoms with E-state index < -0.39 is 0 Å². The zero-order chi connectivity index (χ0) is 13.3. The molecule has 2 rings (SSSR count). The van der Waals surface area contributed by atoms with Gasteiger partial charge in [-0.25, -0.2) is 0 Å². The molecule has 0 unspecified atom stereocenters. The number of unbranched alkanes of at least 4 members (excludes halogenated alkanes) is 1. The van der Waals surface area contributed by atoms with Gasteiger partial charge in [-0.1, -0.05) is 54.3 Å². The summed E-state index contributed by atoms with van der Waals surface area (Å²) in [6, 6.07) is 19.0. The van der Waals surface area contributed by atoms with Crippen molar-refractivity contribution in [2.45, 2.75) is 19.3 Å². The van der Waals surface area contributed by atoms with E-state index in [4.69, 9.17) is 5.73 Å².